The summed E-state index contributed by atoms with van der Waals surface area (Å²) in [6.07, 6.45) is 4.35. The van der Waals surface area contributed by atoms with Gasteiger partial charge in [0.2, 0.25) is 11.8 Å². The highest BCUT2D eigenvalue weighted by molar-refractivity contribution is 5.78. The first-order valence-electron chi connectivity index (χ1n) is 11.4. The van der Waals surface area contributed by atoms with E-state index in [-0.39, 0.29) is 24.1 Å². The van der Waals surface area contributed by atoms with E-state index in [9.17, 15) is 14.0 Å². The van der Waals surface area contributed by atoms with Crippen molar-refractivity contribution in [3.63, 3.8) is 0 Å². The molecule has 1 aliphatic heterocycles. The molecule has 33 heavy (non-hydrogen) atoms. The predicted octanol–water partition coefficient (Wildman–Crippen LogP) is 4.11. The Kier molecular flexibility index (Phi) is 7.50. The summed E-state index contributed by atoms with van der Waals surface area (Å²) in [4.78, 5) is 32.9. The summed E-state index contributed by atoms with van der Waals surface area (Å²) in [6, 6.07) is 16.5. The van der Waals surface area contributed by atoms with Crippen molar-refractivity contribution in [1.29, 1.82) is 0 Å². The van der Waals surface area contributed by atoms with Crippen molar-refractivity contribution in [3.8, 4) is 11.3 Å². The molecule has 1 aliphatic rings. The van der Waals surface area contributed by atoms with Gasteiger partial charge in [0.05, 0.1) is 11.8 Å². The minimum Gasteiger partial charge on any atom is -0.441 e. The summed E-state index contributed by atoms with van der Waals surface area (Å²) in [6.45, 7) is 2.20. The molecule has 1 aromatic heterocycles. The third-order valence-electron chi connectivity index (χ3n) is 5.93. The van der Waals surface area contributed by atoms with Crippen LogP contribution in [0.25, 0.3) is 11.3 Å². The lowest BCUT2D eigenvalue weighted by Crippen LogP contribution is -2.50. The number of carbonyl (C=O) groups is 2. The van der Waals surface area contributed by atoms with Gasteiger partial charge in [0.15, 0.2) is 11.7 Å². The first-order valence-corrected chi connectivity index (χ1v) is 11.4. The van der Waals surface area contributed by atoms with E-state index in [0.29, 0.717) is 56.2 Å². The molecular weight excluding hydrogens is 421 g/mol. The molecule has 0 spiro atoms. The van der Waals surface area contributed by atoms with Gasteiger partial charge >= 0.3 is 0 Å². The molecule has 7 heteroatoms. The minimum absolute atomic E-state index is 0.0109. The van der Waals surface area contributed by atoms with Crippen molar-refractivity contribution in [2.75, 3.05) is 26.2 Å². The Morgan fingerprint density at radius 2 is 1.48 bits per heavy atom. The van der Waals surface area contributed by atoms with E-state index < -0.39 is 0 Å². The third kappa shape index (κ3) is 6.06. The van der Waals surface area contributed by atoms with Crippen LogP contribution in [0.3, 0.4) is 0 Å². The number of hydrogen-bond acceptors (Lipinski definition) is 4. The number of nitrogens with zero attached hydrogens (tertiary/aromatic N) is 3. The molecule has 0 atom stereocenters. The molecule has 2 amide bonds. The van der Waals surface area contributed by atoms with Gasteiger partial charge in [0, 0.05) is 45.4 Å². The van der Waals surface area contributed by atoms with Crippen LogP contribution in [0.4, 0.5) is 4.39 Å². The molecular formula is C26H28FN3O3. The molecule has 0 N–H and O–H groups in total. The van der Waals surface area contributed by atoms with Crippen molar-refractivity contribution in [3.05, 3.63) is 78.1 Å². The summed E-state index contributed by atoms with van der Waals surface area (Å²) >= 11 is 0. The molecule has 2 heterocycles. The van der Waals surface area contributed by atoms with Crippen LogP contribution >= 0.6 is 0 Å². The molecule has 2 aromatic carbocycles. The van der Waals surface area contributed by atoms with Gasteiger partial charge in [0.25, 0.3) is 0 Å². The zero-order valence-electron chi connectivity index (χ0n) is 18.6. The quantitative estimate of drug-likeness (QED) is 0.519. The van der Waals surface area contributed by atoms with E-state index in [1.165, 1.54) is 17.8 Å². The van der Waals surface area contributed by atoms with Gasteiger partial charge in [-0.25, -0.2) is 9.37 Å². The first-order chi connectivity index (χ1) is 16.1. The molecule has 6 nitrogen and oxygen atoms in total. The first kappa shape index (κ1) is 22.7. The summed E-state index contributed by atoms with van der Waals surface area (Å²) in [5.41, 5.74) is 1.60. The van der Waals surface area contributed by atoms with E-state index in [2.05, 4.69) is 17.1 Å². The molecule has 3 aromatic rings. The number of carbonyl (C=O) groups excluding carboxylic acids is 2. The fourth-order valence-corrected chi connectivity index (χ4v) is 4.04. The second-order valence-electron chi connectivity index (χ2n) is 8.20. The lowest BCUT2D eigenvalue weighted by atomic mass is 10.1. The largest absolute Gasteiger partial charge is 0.441 e. The van der Waals surface area contributed by atoms with Crippen molar-refractivity contribution in [2.45, 2.75) is 32.1 Å². The Balaban J connectivity index is 1.18. The molecule has 1 fully saturated rings. The highest BCUT2D eigenvalue weighted by Gasteiger charge is 2.24. The Hall–Kier alpha value is -3.48. The van der Waals surface area contributed by atoms with Gasteiger partial charge in [-0.1, -0.05) is 42.5 Å². The average molecular weight is 450 g/mol. The molecule has 0 unspecified atom stereocenters. The SMILES string of the molecule is O=C(CCCc1ccccc1)N1CCN(C(=O)CCc2ncc(-c3ccccc3F)o2)CC1. The van der Waals surface area contributed by atoms with Crippen molar-refractivity contribution in [1.82, 2.24) is 14.8 Å². The molecule has 0 radical (unpaired) electrons. The van der Waals surface area contributed by atoms with Gasteiger partial charge < -0.3 is 14.2 Å². The van der Waals surface area contributed by atoms with E-state index in [0.717, 1.165) is 12.8 Å². The van der Waals surface area contributed by atoms with Crippen LogP contribution in [0.15, 0.2) is 65.2 Å². The van der Waals surface area contributed by atoms with Gasteiger partial charge in [-0.15, -0.1) is 0 Å². The normalized spacial score (nSPS) is 13.8. The van der Waals surface area contributed by atoms with Gasteiger partial charge in [-0.3, -0.25) is 9.59 Å². The second-order valence-corrected chi connectivity index (χ2v) is 8.20. The van der Waals surface area contributed by atoms with Crippen LogP contribution in [-0.2, 0) is 22.4 Å². The highest BCUT2D eigenvalue weighted by atomic mass is 19.1. The fraction of sp³-hybridized carbons (Fsp3) is 0.346. The van der Waals surface area contributed by atoms with Gasteiger partial charge in [-0.05, 0) is 30.5 Å². The number of aromatic nitrogens is 1. The number of benzene rings is 2. The molecule has 4 rings (SSSR count). The maximum absolute atomic E-state index is 13.9. The zero-order chi connectivity index (χ0) is 23.0. The maximum atomic E-state index is 13.9. The number of aryl methyl sites for hydroxylation is 2. The van der Waals surface area contributed by atoms with E-state index >= 15 is 0 Å². The number of rotatable bonds is 8. The topological polar surface area (TPSA) is 66.7 Å². The predicted molar refractivity (Wildman–Crippen MR) is 123 cm³/mol. The van der Waals surface area contributed by atoms with Gasteiger partial charge in [0.1, 0.15) is 5.82 Å². The Bertz CT molecular complexity index is 1080. The minimum atomic E-state index is -0.372. The molecule has 172 valence electrons. The third-order valence-corrected chi connectivity index (χ3v) is 5.93. The smallest absolute Gasteiger partial charge is 0.223 e. The maximum Gasteiger partial charge on any atom is 0.223 e. The summed E-state index contributed by atoms with van der Waals surface area (Å²) in [5.74, 6) is 0.558. The van der Waals surface area contributed by atoms with Crippen LogP contribution in [0, 0.1) is 5.82 Å². The standard InChI is InChI=1S/C26H28FN3O3/c27-22-11-5-4-10-21(22)23-19-28-24(33-23)13-14-26(32)30-17-15-29(16-18-30)25(31)12-6-9-20-7-2-1-3-8-20/h1-5,7-8,10-11,19H,6,9,12-18H2. The van der Waals surface area contributed by atoms with E-state index in [1.54, 1.807) is 23.1 Å². The number of amides is 2. The number of piperazine rings is 1. The van der Waals surface area contributed by atoms with Gasteiger partial charge in [-0.2, -0.15) is 0 Å². The van der Waals surface area contributed by atoms with Crippen LogP contribution < -0.4 is 0 Å². The summed E-state index contributed by atoms with van der Waals surface area (Å²) < 4.78 is 19.5. The number of oxazole rings is 1. The number of halogens is 1. The van der Waals surface area contributed by atoms with E-state index in [4.69, 9.17) is 4.42 Å². The lowest BCUT2D eigenvalue weighted by molar-refractivity contribution is -0.139. The lowest BCUT2D eigenvalue weighted by Gasteiger charge is -2.35. The second kappa shape index (κ2) is 10.9. The van der Waals surface area contributed by atoms with Crippen molar-refractivity contribution in [2.24, 2.45) is 0 Å². The Labute approximate surface area is 193 Å². The molecule has 0 aliphatic carbocycles. The molecule has 1 saturated heterocycles. The Morgan fingerprint density at radius 3 is 2.18 bits per heavy atom. The van der Waals surface area contributed by atoms with Crippen molar-refractivity contribution < 1.29 is 18.4 Å². The summed E-state index contributed by atoms with van der Waals surface area (Å²) in [5, 5.41) is 0. The molecule has 0 saturated carbocycles. The van der Waals surface area contributed by atoms with Crippen molar-refractivity contribution >= 4 is 11.8 Å². The molecule has 0 bridgehead atoms. The van der Waals surface area contributed by atoms with Crippen LogP contribution in [0.5, 0.6) is 0 Å². The highest BCUT2D eigenvalue weighted by Crippen LogP contribution is 2.23. The van der Waals surface area contributed by atoms with Crippen LogP contribution in [0.1, 0.15) is 30.7 Å². The van der Waals surface area contributed by atoms with Crippen LogP contribution in [-0.4, -0.2) is 52.8 Å². The summed E-state index contributed by atoms with van der Waals surface area (Å²) in [7, 11) is 0. The Morgan fingerprint density at radius 1 is 0.848 bits per heavy atom. The number of hydrogen-bond donors (Lipinski definition) is 0. The van der Waals surface area contributed by atoms with E-state index in [1.807, 2.05) is 23.1 Å². The average Bonchev–Trinajstić information content (AvgIpc) is 3.32. The zero-order valence-corrected chi connectivity index (χ0v) is 18.6. The van der Waals surface area contributed by atoms with Crippen LogP contribution in [0.2, 0.25) is 0 Å². The monoisotopic (exact) mass is 449 g/mol. The fourth-order valence-electron chi connectivity index (χ4n) is 4.04.